The van der Waals surface area contributed by atoms with E-state index in [1.807, 2.05) is 0 Å². The van der Waals surface area contributed by atoms with E-state index in [9.17, 15) is 14.4 Å². The van der Waals surface area contributed by atoms with Crippen LogP contribution in [0.4, 0.5) is 5.69 Å². The molecule has 1 fully saturated rings. The minimum Gasteiger partial charge on any atom is -0.422 e. The number of carbonyl (C=O) groups excluding carboxylic acids is 2. The molecule has 2 heterocycles. The van der Waals surface area contributed by atoms with Gasteiger partial charge in [0.1, 0.15) is 11.4 Å². The van der Waals surface area contributed by atoms with Crippen LogP contribution in [0.5, 0.6) is 5.75 Å². The van der Waals surface area contributed by atoms with E-state index in [4.69, 9.17) is 4.74 Å². The number of fused-ring (bicyclic) bond motifs is 1. The van der Waals surface area contributed by atoms with Gasteiger partial charge in [-0.05, 0) is 48.2 Å². The number of amides is 1. The summed E-state index contributed by atoms with van der Waals surface area (Å²) in [6, 6.07) is 15.4. The number of nitrogens with zero attached hydrogens (tertiary/aromatic N) is 1. The van der Waals surface area contributed by atoms with Gasteiger partial charge in [0.05, 0.1) is 0 Å². The Morgan fingerprint density at radius 1 is 1.04 bits per heavy atom. The normalized spacial score (nSPS) is 14.0. The first-order valence-electron chi connectivity index (χ1n) is 8.36. The molecule has 2 aromatic carbocycles. The van der Waals surface area contributed by atoms with Crippen LogP contribution in [0.2, 0.25) is 0 Å². The highest BCUT2D eigenvalue weighted by Crippen LogP contribution is 2.24. The number of pyridine rings is 1. The molecular formula is C20H16N2O4. The van der Waals surface area contributed by atoms with Gasteiger partial charge >= 0.3 is 5.97 Å². The zero-order chi connectivity index (χ0) is 18.1. The van der Waals surface area contributed by atoms with Crippen LogP contribution in [0, 0.1) is 0 Å². The number of anilines is 1. The lowest BCUT2D eigenvalue weighted by molar-refractivity contribution is -0.117. The van der Waals surface area contributed by atoms with Crippen LogP contribution in [0.3, 0.4) is 0 Å². The van der Waals surface area contributed by atoms with Crippen molar-refractivity contribution in [3.8, 4) is 5.75 Å². The fraction of sp³-hybridized carbons (Fsp3) is 0.150. The second-order valence-corrected chi connectivity index (χ2v) is 6.13. The number of benzene rings is 2. The minimum absolute atomic E-state index is 0.0903. The second kappa shape index (κ2) is 6.48. The third-order valence-corrected chi connectivity index (χ3v) is 4.41. The van der Waals surface area contributed by atoms with Crippen molar-refractivity contribution in [3.63, 3.8) is 0 Å². The Labute approximate surface area is 149 Å². The zero-order valence-electron chi connectivity index (χ0n) is 13.9. The molecule has 6 nitrogen and oxygen atoms in total. The van der Waals surface area contributed by atoms with Crippen molar-refractivity contribution in [2.75, 3.05) is 11.4 Å². The van der Waals surface area contributed by atoms with E-state index in [1.54, 1.807) is 59.5 Å². The minimum atomic E-state index is -0.641. The molecule has 4 rings (SSSR count). The number of aromatic nitrogens is 1. The van der Waals surface area contributed by atoms with E-state index in [0.717, 1.165) is 12.1 Å². The van der Waals surface area contributed by atoms with Gasteiger partial charge in [0.15, 0.2) is 0 Å². The fourth-order valence-corrected chi connectivity index (χ4v) is 3.10. The third-order valence-electron chi connectivity index (χ3n) is 4.41. The third kappa shape index (κ3) is 2.97. The van der Waals surface area contributed by atoms with E-state index < -0.39 is 5.97 Å². The number of aromatic amines is 1. The van der Waals surface area contributed by atoms with E-state index in [0.29, 0.717) is 29.5 Å². The number of hydrogen-bond acceptors (Lipinski definition) is 4. The summed E-state index contributed by atoms with van der Waals surface area (Å²) in [6.07, 6.45) is 1.41. The molecule has 6 heteroatoms. The average Bonchev–Trinajstić information content (AvgIpc) is 3.08. The van der Waals surface area contributed by atoms with E-state index >= 15 is 0 Å². The Balaban J connectivity index is 1.55. The van der Waals surface area contributed by atoms with Crippen molar-refractivity contribution in [1.82, 2.24) is 4.98 Å². The fourth-order valence-electron chi connectivity index (χ4n) is 3.10. The lowest BCUT2D eigenvalue weighted by atomic mass is 10.1. The van der Waals surface area contributed by atoms with Gasteiger partial charge in [0, 0.05) is 24.0 Å². The molecule has 1 aliphatic rings. The maximum atomic E-state index is 12.3. The Hall–Kier alpha value is -3.41. The molecule has 0 spiro atoms. The van der Waals surface area contributed by atoms with Crippen LogP contribution in [0.25, 0.3) is 10.8 Å². The average molecular weight is 348 g/mol. The summed E-state index contributed by atoms with van der Waals surface area (Å²) in [4.78, 5) is 40.5. The summed E-state index contributed by atoms with van der Waals surface area (Å²) in [5.41, 5.74) is 0.539. The van der Waals surface area contributed by atoms with Gasteiger partial charge in [0.2, 0.25) is 5.91 Å². The lowest BCUT2D eigenvalue weighted by Crippen LogP contribution is -2.23. The van der Waals surface area contributed by atoms with Crippen molar-refractivity contribution < 1.29 is 14.3 Å². The zero-order valence-corrected chi connectivity index (χ0v) is 13.9. The topological polar surface area (TPSA) is 79.5 Å². The van der Waals surface area contributed by atoms with Crippen LogP contribution >= 0.6 is 0 Å². The molecule has 0 radical (unpaired) electrons. The molecule has 0 atom stereocenters. The first-order valence-corrected chi connectivity index (χ1v) is 8.36. The van der Waals surface area contributed by atoms with Crippen LogP contribution in [0.15, 0.2) is 59.4 Å². The molecule has 1 N–H and O–H groups in total. The number of esters is 1. The maximum absolute atomic E-state index is 12.3. The van der Waals surface area contributed by atoms with Gasteiger partial charge < -0.3 is 14.6 Å². The van der Waals surface area contributed by atoms with Gasteiger partial charge in [-0.2, -0.15) is 0 Å². The van der Waals surface area contributed by atoms with Crippen molar-refractivity contribution in [1.29, 1.82) is 0 Å². The highest BCUT2D eigenvalue weighted by Gasteiger charge is 2.21. The van der Waals surface area contributed by atoms with Gasteiger partial charge in [-0.3, -0.25) is 9.59 Å². The first kappa shape index (κ1) is 16.1. The summed E-state index contributed by atoms with van der Waals surface area (Å²) in [7, 11) is 0. The molecular weight excluding hydrogens is 332 g/mol. The number of carbonyl (C=O) groups is 2. The molecule has 0 aliphatic carbocycles. The SMILES string of the molecule is O=C(Oc1ccc(N2CCCC2=O)cc1)c1cc2ccccc2c(=O)[nH]1. The Morgan fingerprint density at radius 2 is 1.81 bits per heavy atom. The number of rotatable bonds is 3. The molecule has 0 unspecified atom stereocenters. The molecule has 0 bridgehead atoms. The van der Waals surface area contributed by atoms with Crippen LogP contribution < -0.4 is 15.2 Å². The lowest BCUT2D eigenvalue weighted by Gasteiger charge is -2.15. The Morgan fingerprint density at radius 3 is 2.54 bits per heavy atom. The molecule has 26 heavy (non-hydrogen) atoms. The van der Waals surface area contributed by atoms with Gasteiger partial charge in [0.25, 0.3) is 5.56 Å². The summed E-state index contributed by atoms with van der Waals surface area (Å²) in [5, 5.41) is 1.19. The number of nitrogens with one attached hydrogen (secondary N) is 1. The molecule has 1 aliphatic heterocycles. The monoisotopic (exact) mass is 348 g/mol. The second-order valence-electron chi connectivity index (χ2n) is 6.13. The van der Waals surface area contributed by atoms with Crippen molar-refractivity contribution in [2.24, 2.45) is 0 Å². The first-order chi connectivity index (χ1) is 12.6. The molecule has 3 aromatic rings. The van der Waals surface area contributed by atoms with Crippen LogP contribution in [-0.2, 0) is 4.79 Å². The smallest absolute Gasteiger partial charge is 0.360 e. The predicted octanol–water partition coefficient (Wildman–Crippen LogP) is 2.87. The highest BCUT2D eigenvalue weighted by atomic mass is 16.5. The number of hydrogen-bond donors (Lipinski definition) is 1. The highest BCUT2D eigenvalue weighted by molar-refractivity contribution is 5.96. The molecule has 1 saturated heterocycles. The largest absolute Gasteiger partial charge is 0.422 e. The quantitative estimate of drug-likeness (QED) is 0.583. The number of H-pyrrole nitrogens is 1. The van der Waals surface area contributed by atoms with Gasteiger partial charge in [-0.25, -0.2) is 4.79 Å². The Bertz CT molecular complexity index is 1050. The van der Waals surface area contributed by atoms with E-state index in [-0.39, 0.29) is 17.2 Å². The van der Waals surface area contributed by atoms with Crippen LogP contribution in [0.1, 0.15) is 23.3 Å². The van der Waals surface area contributed by atoms with Crippen LogP contribution in [-0.4, -0.2) is 23.4 Å². The maximum Gasteiger partial charge on any atom is 0.360 e. The standard InChI is InChI=1S/C20H16N2O4/c23-18-6-3-11-22(18)14-7-9-15(10-8-14)26-20(25)17-12-13-4-1-2-5-16(13)19(24)21-17/h1-2,4-5,7-10,12H,3,6,11H2,(H,21,24). The van der Waals surface area contributed by atoms with Crippen molar-refractivity contribution in [2.45, 2.75) is 12.8 Å². The van der Waals surface area contributed by atoms with Crippen molar-refractivity contribution in [3.05, 3.63) is 70.6 Å². The molecule has 0 saturated carbocycles. The number of ether oxygens (including phenoxy) is 1. The predicted molar refractivity (Wildman–Crippen MR) is 97.6 cm³/mol. The summed E-state index contributed by atoms with van der Waals surface area (Å²) < 4.78 is 5.34. The summed E-state index contributed by atoms with van der Waals surface area (Å²) in [5.74, 6) is -0.194. The Kier molecular flexibility index (Phi) is 4.01. The molecule has 130 valence electrons. The van der Waals surface area contributed by atoms with E-state index in [1.165, 1.54) is 0 Å². The summed E-state index contributed by atoms with van der Waals surface area (Å²) >= 11 is 0. The van der Waals surface area contributed by atoms with Crippen molar-refractivity contribution >= 4 is 28.3 Å². The van der Waals surface area contributed by atoms with Gasteiger partial charge in [-0.15, -0.1) is 0 Å². The van der Waals surface area contributed by atoms with E-state index in [2.05, 4.69) is 4.98 Å². The van der Waals surface area contributed by atoms with Gasteiger partial charge in [-0.1, -0.05) is 18.2 Å². The molecule has 1 amide bonds. The molecule has 1 aromatic heterocycles. The summed E-state index contributed by atoms with van der Waals surface area (Å²) in [6.45, 7) is 0.705.